The number of hydrogen-bond acceptors (Lipinski definition) is 4. The van der Waals surface area contributed by atoms with Crippen molar-refractivity contribution in [2.24, 2.45) is 11.3 Å². The minimum Gasteiger partial charge on any atom is -0.294 e. The van der Waals surface area contributed by atoms with E-state index in [2.05, 4.69) is 28.2 Å². The molecule has 5 atom stereocenters. The van der Waals surface area contributed by atoms with Gasteiger partial charge in [0.1, 0.15) is 0 Å². The van der Waals surface area contributed by atoms with E-state index in [9.17, 15) is 9.59 Å². The van der Waals surface area contributed by atoms with Crippen LogP contribution in [0.2, 0.25) is 0 Å². The van der Waals surface area contributed by atoms with Crippen molar-refractivity contribution in [2.45, 2.75) is 24.2 Å². The number of carbonyl (C=O) groups is 2. The number of rotatable bonds is 2. The third kappa shape index (κ3) is 2.38. The Morgan fingerprint density at radius 1 is 0.676 bits per heavy atom. The molecule has 4 heteroatoms. The van der Waals surface area contributed by atoms with Crippen LogP contribution in [0.5, 0.6) is 0 Å². The van der Waals surface area contributed by atoms with Gasteiger partial charge in [0.05, 0.1) is 5.41 Å². The van der Waals surface area contributed by atoms with E-state index < -0.39 is 5.41 Å². The molecule has 4 aromatic rings. The van der Waals surface area contributed by atoms with E-state index in [-0.39, 0.29) is 35.2 Å². The molecule has 0 aliphatic heterocycles. The van der Waals surface area contributed by atoms with Gasteiger partial charge in [0.15, 0.2) is 11.6 Å². The molecule has 164 valence electrons. The molecule has 7 rings (SSSR count). The van der Waals surface area contributed by atoms with E-state index >= 15 is 0 Å². The van der Waals surface area contributed by atoms with Crippen LogP contribution in [-0.2, 0) is 6.42 Å². The number of aromatic nitrogens is 2. The summed E-state index contributed by atoms with van der Waals surface area (Å²) in [6, 6.07) is 23.8. The molecule has 4 nitrogen and oxygen atoms in total. The Kier molecular flexibility index (Phi) is 4.04. The topological polar surface area (TPSA) is 59.9 Å². The van der Waals surface area contributed by atoms with E-state index in [0.717, 1.165) is 33.4 Å². The highest BCUT2D eigenvalue weighted by Crippen LogP contribution is 2.72. The van der Waals surface area contributed by atoms with Crippen LogP contribution in [0.15, 0.2) is 97.6 Å². The summed E-state index contributed by atoms with van der Waals surface area (Å²) in [6.45, 7) is 0. The largest absolute Gasteiger partial charge is 0.294 e. The first-order chi connectivity index (χ1) is 16.7. The summed E-state index contributed by atoms with van der Waals surface area (Å²) in [4.78, 5) is 37.3. The number of fused-ring (bicyclic) bond motifs is 4. The van der Waals surface area contributed by atoms with E-state index in [0.29, 0.717) is 6.42 Å². The third-order valence-corrected chi connectivity index (χ3v) is 8.36. The minimum absolute atomic E-state index is 0.0867. The van der Waals surface area contributed by atoms with Gasteiger partial charge >= 0.3 is 0 Å². The zero-order chi connectivity index (χ0) is 22.9. The van der Waals surface area contributed by atoms with Gasteiger partial charge in [0.2, 0.25) is 0 Å². The summed E-state index contributed by atoms with van der Waals surface area (Å²) in [6.07, 6.45) is 7.86. The second-order valence-corrected chi connectivity index (χ2v) is 9.73. The van der Waals surface area contributed by atoms with E-state index in [1.807, 2.05) is 67.0 Å². The fourth-order valence-electron chi connectivity index (χ4n) is 7.30. The van der Waals surface area contributed by atoms with Gasteiger partial charge in [-0.15, -0.1) is 0 Å². The van der Waals surface area contributed by atoms with Crippen LogP contribution >= 0.6 is 0 Å². The predicted molar refractivity (Wildman–Crippen MR) is 128 cm³/mol. The quantitative estimate of drug-likeness (QED) is 0.418. The molecule has 0 unspecified atom stereocenters. The molecule has 0 bridgehead atoms. The van der Waals surface area contributed by atoms with Crippen LogP contribution in [0.4, 0.5) is 0 Å². The van der Waals surface area contributed by atoms with Crippen LogP contribution < -0.4 is 0 Å². The van der Waals surface area contributed by atoms with Crippen LogP contribution in [0.25, 0.3) is 0 Å². The highest BCUT2D eigenvalue weighted by Gasteiger charge is 2.70. The SMILES string of the molecule is O=C1c2ccccc2[C@@H]2[C@H]1[C@@H](c1cccnc1)[C@@]1(Cc3ccccc3C1=O)[C@H]2c1cccnc1. The van der Waals surface area contributed by atoms with Crippen molar-refractivity contribution in [3.05, 3.63) is 131 Å². The van der Waals surface area contributed by atoms with Crippen molar-refractivity contribution in [3.63, 3.8) is 0 Å². The highest BCUT2D eigenvalue weighted by atomic mass is 16.1. The molecular formula is C30H22N2O2. The zero-order valence-corrected chi connectivity index (χ0v) is 18.5. The lowest BCUT2D eigenvalue weighted by molar-refractivity contribution is 0.0744. The van der Waals surface area contributed by atoms with Gasteiger partial charge in [-0.1, -0.05) is 60.7 Å². The van der Waals surface area contributed by atoms with Gasteiger partial charge in [-0.25, -0.2) is 0 Å². The summed E-state index contributed by atoms with van der Waals surface area (Å²) in [5.74, 6) is -0.545. The molecule has 2 aromatic carbocycles. The molecular weight excluding hydrogens is 420 g/mol. The molecule has 2 heterocycles. The van der Waals surface area contributed by atoms with E-state index in [1.54, 1.807) is 12.4 Å². The van der Waals surface area contributed by atoms with Crippen molar-refractivity contribution in [3.8, 4) is 0 Å². The Balaban J connectivity index is 1.56. The molecule has 3 aliphatic rings. The van der Waals surface area contributed by atoms with Crippen LogP contribution in [-0.4, -0.2) is 21.5 Å². The van der Waals surface area contributed by atoms with Gasteiger partial charge in [0, 0.05) is 59.6 Å². The number of carbonyl (C=O) groups excluding carboxylic acids is 2. The molecule has 0 N–H and O–H groups in total. The summed E-state index contributed by atoms with van der Waals surface area (Å²) in [5, 5.41) is 0. The molecule has 3 aliphatic carbocycles. The predicted octanol–water partition coefficient (Wildman–Crippen LogP) is 5.38. The van der Waals surface area contributed by atoms with Gasteiger partial charge in [0.25, 0.3) is 0 Å². The summed E-state index contributed by atoms with van der Waals surface area (Å²) in [7, 11) is 0. The molecule has 34 heavy (non-hydrogen) atoms. The minimum atomic E-state index is -0.770. The van der Waals surface area contributed by atoms with Gasteiger partial charge in [-0.2, -0.15) is 0 Å². The van der Waals surface area contributed by atoms with E-state index in [4.69, 9.17) is 0 Å². The Labute approximate surface area is 197 Å². The molecule has 0 amide bonds. The lowest BCUT2D eigenvalue weighted by Gasteiger charge is -2.37. The lowest BCUT2D eigenvalue weighted by Crippen LogP contribution is -2.38. The maximum absolute atomic E-state index is 14.5. The monoisotopic (exact) mass is 442 g/mol. The molecule has 0 radical (unpaired) electrons. The lowest BCUT2D eigenvalue weighted by atomic mass is 9.63. The highest BCUT2D eigenvalue weighted by molar-refractivity contribution is 6.10. The number of nitrogens with zero attached hydrogens (tertiary/aromatic N) is 2. The zero-order valence-electron chi connectivity index (χ0n) is 18.5. The first-order valence-corrected chi connectivity index (χ1v) is 11.8. The maximum atomic E-state index is 14.5. The Bertz CT molecular complexity index is 1450. The standard InChI is InChI=1S/C30H22N2O2/c33-28-23-12-4-3-11-22(23)24-25(28)27(20-9-6-14-32-17-20)30(26(24)19-8-5-13-31-16-19)15-18-7-1-2-10-21(18)29(30)34/h1-14,16-17,24-27H,15H2/t24-,25+,26+,27-,30-/m1/s1. The second kappa shape index (κ2) is 7.04. The van der Waals surface area contributed by atoms with Gasteiger partial charge in [-0.05, 0) is 40.8 Å². The number of benzene rings is 2. The van der Waals surface area contributed by atoms with Gasteiger partial charge in [-0.3, -0.25) is 19.6 Å². The summed E-state index contributed by atoms with van der Waals surface area (Å²) in [5.41, 5.74) is 4.91. The average Bonchev–Trinajstić information content (AvgIpc) is 3.46. The Morgan fingerprint density at radius 3 is 1.94 bits per heavy atom. The molecule has 1 saturated carbocycles. The molecule has 0 saturated heterocycles. The fraction of sp³-hybridized carbons (Fsp3) is 0.200. The first-order valence-electron chi connectivity index (χ1n) is 11.8. The van der Waals surface area contributed by atoms with Crippen molar-refractivity contribution < 1.29 is 9.59 Å². The van der Waals surface area contributed by atoms with E-state index in [1.165, 1.54) is 0 Å². The first kappa shape index (κ1) is 19.5. The Hall–Kier alpha value is -3.92. The maximum Gasteiger partial charge on any atom is 0.170 e. The third-order valence-electron chi connectivity index (χ3n) is 8.36. The molecule has 2 aromatic heterocycles. The normalized spacial score (nSPS) is 28.7. The second-order valence-electron chi connectivity index (χ2n) is 9.73. The fourth-order valence-corrected chi connectivity index (χ4v) is 7.30. The summed E-state index contributed by atoms with van der Waals surface area (Å²) < 4.78 is 0. The van der Waals surface area contributed by atoms with Gasteiger partial charge < -0.3 is 0 Å². The number of hydrogen-bond donors (Lipinski definition) is 0. The van der Waals surface area contributed by atoms with Crippen LogP contribution in [0.3, 0.4) is 0 Å². The smallest absolute Gasteiger partial charge is 0.170 e. The molecule has 1 spiro atoms. The van der Waals surface area contributed by atoms with Crippen molar-refractivity contribution in [2.75, 3.05) is 0 Å². The van der Waals surface area contributed by atoms with Crippen molar-refractivity contribution in [1.82, 2.24) is 9.97 Å². The molecule has 1 fully saturated rings. The van der Waals surface area contributed by atoms with Crippen LogP contribution in [0.1, 0.15) is 60.7 Å². The van der Waals surface area contributed by atoms with Crippen LogP contribution in [0, 0.1) is 11.3 Å². The number of pyridine rings is 2. The average molecular weight is 443 g/mol. The number of Topliss-reactive ketones (excluding diaryl/α,β-unsaturated/α-hetero) is 2. The summed E-state index contributed by atoms with van der Waals surface area (Å²) >= 11 is 0. The Morgan fingerprint density at radius 2 is 1.29 bits per heavy atom. The van der Waals surface area contributed by atoms with Crippen molar-refractivity contribution in [1.29, 1.82) is 0 Å². The van der Waals surface area contributed by atoms with Crippen molar-refractivity contribution >= 4 is 11.6 Å². The number of ketones is 2.